The number of nitrogens with one attached hydrogen (secondary N) is 2. The highest BCUT2D eigenvalue weighted by atomic mass is 19.1. The Morgan fingerprint density at radius 3 is 2.78 bits per heavy atom. The van der Waals surface area contributed by atoms with E-state index >= 15 is 0 Å². The van der Waals surface area contributed by atoms with Gasteiger partial charge in [-0.15, -0.1) is 6.42 Å². The molecule has 1 spiro atoms. The average Bonchev–Trinajstić information content (AvgIpc) is 3.51. The highest BCUT2D eigenvalue weighted by molar-refractivity contribution is 6.07. The Morgan fingerprint density at radius 2 is 2.05 bits per heavy atom. The van der Waals surface area contributed by atoms with Gasteiger partial charge >= 0.3 is 0 Å². The van der Waals surface area contributed by atoms with E-state index in [4.69, 9.17) is 10.8 Å². The Kier molecular flexibility index (Phi) is 5.78. The van der Waals surface area contributed by atoms with Crippen LogP contribution >= 0.6 is 0 Å². The van der Waals surface area contributed by atoms with Crippen molar-refractivity contribution in [1.29, 1.82) is 0 Å². The second kappa shape index (κ2) is 8.73. The van der Waals surface area contributed by atoms with Crippen LogP contribution in [0.3, 0.4) is 0 Å². The number of fused-ring (bicyclic) bond motifs is 3. The normalized spacial score (nSPS) is 21.5. The first-order valence-corrected chi connectivity index (χ1v) is 11.9. The van der Waals surface area contributed by atoms with Crippen LogP contribution in [0.25, 0.3) is 11.0 Å². The number of furan rings is 1. The zero-order valence-corrected chi connectivity index (χ0v) is 20.3. The molecule has 0 radical (unpaired) electrons. The van der Waals surface area contributed by atoms with Crippen molar-refractivity contribution >= 4 is 34.4 Å². The number of hydrogen-bond acceptors (Lipinski definition) is 4. The number of benzene rings is 2. The maximum absolute atomic E-state index is 14.8. The molecule has 1 saturated heterocycles. The Morgan fingerprint density at radius 1 is 1.30 bits per heavy atom. The quantitative estimate of drug-likeness (QED) is 0.514. The third kappa shape index (κ3) is 4.33. The lowest BCUT2D eigenvalue weighted by atomic mass is 9.79. The van der Waals surface area contributed by atoms with Gasteiger partial charge in [0.05, 0.1) is 11.5 Å². The van der Waals surface area contributed by atoms with Crippen molar-refractivity contribution in [2.24, 2.45) is 0 Å². The molecule has 2 aliphatic heterocycles. The van der Waals surface area contributed by atoms with E-state index in [0.717, 1.165) is 5.56 Å². The lowest BCUT2D eigenvalue weighted by Crippen LogP contribution is -2.52. The van der Waals surface area contributed by atoms with Gasteiger partial charge in [-0.1, -0.05) is 24.1 Å². The molecule has 3 atom stereocenters. The minimum atomic E-state index is -1.81. The minimum Gasteiger partial charge on any atom is -0.451 e. The Bertz CT molecular complexity index is 1470. The predicted molar refractivity (Wildman–Crippen MR) is 133 cm³/mol. The van der Waals surface area contributed by atoms with Gasteiger partial charge in [0.25, 0.3) is 5.91 Å². The predicted octanol–water partition coefficient (Wildman–Crippen LogP) is 3.93. The Balaban J connectivity index is 1.44. The van der Waals surface area contributed by atoms with Crippen LogP contribution in [-0.4, -0.2) is 46.9 Å². The fraction of sp³-hybridized carbons (Fsp3) is 0.321. The van der Waals surface area contributed by atoms with Crippen LogP contribution in [-0.2, 0) is 15.0 Å². The summed E-state index contributed by atoms with van der Waals surface area (Å²) in [5, 5.41) is 5.80. The molecule has 37 heavy (non-hydrogen) atoms. The molecule has 1 fully saturated rings. The van der Waals surface area contributed by atoms with Gasteiger partial charge in [0.2, 0.25) is 11.8 Å². The van der Waals surface area contributed by atoms with Crippen molar-refractivity contribution in [1.82, 2.24) is 10.2 Å². The van der Waals surface area contributed by atoms with Gasteiger partial charge in [0.1, 0.15) is 23.1 Å². The standard InChI is InChI=1S/C28H25F2N3O4/c1-4-18-13-28(19-7-5-6-8-20(19)32-26(28)36)15-33(18)25(35)21(14-27(2,3)30)31-24(34)23-12-16-11-17(29)9-10-22(16)37-23/h1,5-12,18,21H,13-15H2,2-3H3,(H,31,34)(H,32,36)/t18-,21+,28+/m1/s1. The van der Waals surface area contributed by atoms with E-state index in [0.29, 0.717) is 16.7 Å². The molecule has 0 saturated carbocycles. The number of anilines is 1. The van der Waals surface area contributed by atoms with E-state index in [9.17, 15) is 23.2 Å². The molecule has 3 heterocycles. The third-order valence-corrected chi connectivity index (χ3v) is 6.95. The van der Waals surface area contributed by atoms with Crippen LogP contribution in [0.15, 0.2) is 52.9 Å². The van der Waals surface area contributed by atoms with Crippen LogP contribution in [0.5, 0.6) is 0 Å². The number of rotatable bonds is 5. The number of hydrogen-bond donors (Lipinski definition) is 2. The second-order valence-electron chi connectivity index (χ2n) is 10.2. The van der Waals surface area contributed by atoms with Crippen molar-refractivity contribution in [3.05, 3.63) is 65.7 Å². The molecule has 0 unspecified atom stereocenters. The smallest absolute Gasteiger partial charge is 0.287 e. The molecule has 3 aromatic rings. The van der Waals surface area contributed by atoms with Crippen LogP contribution in [0.4, 0.5) is 14.5 Å². The first-order valence-electron chi connectivity index (χ1n) is 11.9. The number of likely N-dealkylation sites (tertiary alicyclic amines) is 1. The summed E-state index contributed by atoms with van der Waals surface area (Å²) in [5.74, 6) is 0.335. The summed E-state index contributed by atoms with van der Waals surface area (Å²) in [6.07, 6.45) is 5.63. The second-order valence-corrected chi connectivity index (χ2v) is 10.2. The molecule has 1 aromatic heterocycles. The van der Waals surface area contributed by atoms with Gasteiger partial charge in [0, 0.05) is 24.0 Å². The first-order chi connectivity index (χ1) is 17.5. The van der Waals surface area contributed by atoms with E-state index in [1.165, 1.54) is 43.0 Å². The molecule has 2 N–H and O–H groups in total. The molecule has 7 nitrogen and oxygen atoms in total. The summed E-state index contributed by atoms with van der Waals surface area (Å²) < 4.78 is 33.9. The molecule has 0 aliphatic carbocycles. The van der Waals surface area contributed by atoms with Gasteiger partial charge in [-0.25, -0.2) is 8.78 Å². The van der Waals surface area contributed by atoms with Crippen molar-refractivity contribution < 1.29 is 27.6 Å². The van der Waals surface area contributed by atoms with E-state index < -0.39 is 40.8 Å². The molecule has 2 aromatic carbocycles. The number of amides is 3. The number of carbonyl (C=O) groups is 3. The summed E-state index contributed by atoms with van der Waals surface area (Å²) in [6.45, 7) is 2.59. The zero-order chi connectivity index (χ0) is 26.5. The van der Waals surface area contributed by atoms with Gasteiger partial charge in [0.15, 0.2) is 5.76 Å². The van der Waals surface area contributed by atoms with E-state index in [-0.39, 0.29) is 31.1 Å². The molecular weight excluding hydrogens is 480 g/mol. The van der Waals surface area contributed by atoms with Gasteiger partial charge in [-0.2, -0.15) is 0 Å². The molecular formula is C28H25F2N3O4. The summed E-state index contributed by atoms with van der Waals surface area (Å²) >= 11 is 0. The molecule has 3 amide bonds. The summed E-state index contributed by atoms with van der Waals surface area (Å²) in [7, 11) is 0. The van der Waals surface area contributed by atoms with E-state index in [1.54, 1.807) is 12.1 Å². The lowest BCUT2D eigenvalue weighted by Gasteiger charge is -2.30. The van der Waals surface area contributed by atoms with Crippen LogP contribution in [0, 0.1) is 18.2 Å². The largest absolute Gasteiger partial charge is 0.451 e. The SMILES string of the molecule is C#C[C@@H]1C[C@@]2(CN1C(=O)[C@H](CC(C)(C)F)NC(=O)c1cc3cc(F)ccc3o1)C(=O)Nc1ccccc12. The molecule has 2 aliphatic rings. The number of nitrogens with zero attached hydrogens (tertiary/aromatic N) is 1. The number of terminal acetylenes is 1. The topological polar surface area (TPSA) is 91.7 Å². The highest BCUT2D eigenvalue weighted by Gasteiger charge is 2.56. The van der Waals surface area contributed by atoms with Crippen molar-refractivity contribution in [2.75, 3.05) is 11.9 Å². The van der Waals surface area contributed by atoms with Gasteiger partial charge in [-0.3, -0.25) is 14.4 Å². The van der Waals surface area contributed by atoms with Crippen molar-refractivity contribution in [3.8, 4) is 12.3 Å². The lowest BCUT2D eigenvalue weighted by molar-refractivity contribution is -0.134. The number of para-hydroxylation sites is 1. The highest BCUT2D eigenvalue weighted by Crippen LogP contribution is 2.46. The van der Waals surface area contributed by atoms with Crippen LogP contribution in [0.2, 0.25) is 0 Å². The maximum atomic E-state index is 14.8. The summed E-state index contributed by atoms with van der Waals surface area (Å²) in [4.78, 5) is 41.2. The van der Waals surface area contributed by atoms with Gasteiger partial charge in [-0.05, 0) is 56.2 Å². The number of carbonyl (C=O) groups excluding carboxylic acids is 3. The van der Waals surface area contributed by atoms with Crippen LogP contribution < -0.4 is 10.6 Å². The zero-order valence-electron chi connectivity index (χ0n) is 20.3. The van der Waals surface area contributed by atoms with E-state index in [1.807, 2.05) is 12.1 Å². The first kappa shape index (κ1) is 24.5. The minimum absolute atomic E-state index is 0.00739. The fourth-order valence-electron chi connectivity index (χ4n) is 5.26. The van der Waals surface area contributed by atoms with Gasteiger partial charge < -0.3 is 20.0 Å². The Hall–Kier alpha value is -4.19. The van der Waals surface area contributed by atoms with E-state index in [2.05, 4.69) is 16.6 Å². The van der Waals surface area contributed by atoms with Crippen molar-refractivity contribution in [3.63, 3.8) is 0 Å². The molecule has 0 bridgehead atoms. The third-order valence-electron chi connectivity index (χ3n) is 6.95. The number of halogens is 2. The maximum Gasteiger partial charge on any atom is 0.287 e. The fourth-order valence-corrected chi connectivity index (χ4v) is 5.26. The summed E-state index contributed by atoms with van der Waals surface area (Å²) in [5.41, 5.74) is -1.15. The monoisotopic (exact) mass is 505 g/mol. The Labute approximate surface area is 212 Å². The number of alkyl halides is 1. The van der Waals surface area contributed by atoms with Crippen molar-refractivity contribution in [2.45, 2.75) is 49.9 Å². The molecule has 9 heteroatoms. The summed E-state index contributed by atoms with van der Waals surface area (Å²) in [6, 6.07) is 10.4. The molecule has 5 rings (SSSR count). The average molecular weight is 506 g/mol. The van der Waals surface area contributed by atoms with Crippen LogP contribution in [0.1, 0.15) is 42.8 Å². The molecule has 190 valence electrons.